The first kappa shape index (κ1) is 22.2. The number of rotatable bonds is 9. The lowest BCUT2D eigenvalue weighted by Crippen LogP contribution is -2.30. The van der Waals surface area contributed by atoms with Gasteiger partial charge in [0.15, 0.2) is 9.84 Å². The first-order valence-corrected chi connectivity index (χ1v) is 10.9. The lowest BCUT2D eigenvalue weighted by molar-refractivity contribution is -0.158. The van der Waals surface area contributed by atoms with Crippen LogP contribution in [0, 0.1) is 0 Å². The Bertz CT molecular complexity index is 1230. The zero-order valence-corrected chi connectivity index (χ0v) is 17.3. The SMILES string of the molecule is COc1ccc(C(CS(=O)(=O)Cc2cnc3ccccc3c2)N(O)C=O)cc1C(=O)O. The molecule has 1 heterocycles. The van der Waals surface area contributed by atoms with Crippen LogP contribution < -0.4 is 4.74 Å². The highest BCUT2D eigenvalue weighted by Gasteiger charge is 2.27. The predicted molar refractivity (Wildman–Crippen MR) is 112 cm³/mol. The molecule has 0 aliphatic heterocycles. The lowest BCUT2D eigenvalue weighted by atomic mass is 10.0. The number of carboxylic acids is 1. The molecule has 0 radical (unpaired) electrons. The number of methoxy groups -OCH3 is 1. The standard InChI is InChI=1S/C21H20N2O7S/c1-30-20-7-6-16(9-17(20)21(25)26)19(23(27)13-24)12-31(28,29)11-14-8-15-4-2-3-5-18(15)22-10-14/h2-10,13,19,27H,11-12H2,1H3,(H,25,26). The van der Waals surface area contributed by atoms with E-state index in [2.05, 4.69) is 4.98 Å². The van der Waals surface area contributed by atoms with Crippen LogP contribution in [0.5, 0.6) is 5.75 Å². The molecule has 3 aromatic rings. The van der Waals surface area contributed by atoms with E-state index in [0.29, 0.717) is 5.56 Å². The Hall–Kier alpha value is -3.50. The number of hydrogen-bond acceptors (Lipinski definition) is 7. The van der Waals surface area contributed by atoms with E-state index in [1.807, 2.05) is 18.2 Å². The fourth-order valence-electron chi connectivity index (χ4n) is 3.25. The van der Waals surface area contributed by atoms with E-state index in [1.165, 1.54) is 31.5 Å². The maximum Gasteiger partial charge on any atom is 0.339 e. The Kier molecular flexibility index (Phi) is 6.52. The van der Waals surface area contributed by atoms with Gasteiger partial charge in [-0.05, 0) is 35.4 Å². The summed E-state index contributed by atoms with van der Waals surface area (Å²) < 4.78 is 30.7. The van der Waals surface area contributed by atoms with Gasteiger partial charge in [-0.1, -0.05) is 24.3 Å². The van der Waals surface area contributed by atoms with Gasteiger partial charge < -0.3 is 9.84 Å². The van der Waals surface area contributed by atoms with Crippen LogP contribution in [0.1, 0.15) is 27.5 Å². The van der Waals surface area contributed by atoms with Gasteiger partial charge in [0.1, 0.15) is 11.3 Å². The minimum Gasteiger partial charge on any atom is -0.496 e. The second-order valence-electron chi connectivity index (χ2n) is 6.86. The molecule has 1 unspecified atom stereocenters. The molecule has 3 rings (SSSR count). The van der Waals surface area contributed by atoms with E-state index >= 15 is 0 Å². The molecule has 31 heavy (non-hydrogen) atoms. The summed E-state index contributed by atoms with van der Waals surface area (Å²) in [7, 11) is -2.54. The Morgan fingerprint density at radius 2 is 1.97 bits per heavy atom. The number of hydroxylamine groups is 2. The third kappa shape index (κ3) is 5.16. The van der Waals surface area contributed by atoms with Crippen LogP contribution in [0.3, 0.4) is 0 Å². The van der Waals surface area contributed by atoms with Crippen molar-refractivity contribution in [2.24, 2.45) is 0 Å². The molecule has 0 spiro atoms. The van der Waals surface area contributed by atoms with E-state index in [-0.39, 0.29) is 34.1 Å². The molecule has 0 fully saturated rings. The van der Waals surface area contributed by atoms with Crippen LogP contribution in [0.25, 0.3) is 10.9 Å². The van der Waals surface area contributed by atoms with E-state index in [9.17, 15) is 28.3 Å². The summed E-state index contributed by atoms with van der Waals surface area (Å²) in [6, 6.07) is 11.6. The summed E-state index contributed by atoms with van der Waals surface area (Å²) in [5.74, 6) is -2.22. The molecule has 1 aromatic heterocycles. The Labute approximate surface area is 178 Å². The summed E-state index contributed by atoms with van der Waals surface area (Å²) in [4.78, 5) is 26.9. The molecule has 9 nitrogen and oxygen atoms in total. The number of aromatic nitrogens is 1. The molecular weight excluding hydrogens is 424 g/mol. The Morgan fingerprint density at radius 3 is 2.65 bits per heavy atom. The summed E-state index contributed by atoms with van der Waals surface area (Å²) in [5, 5.41) is 20.4. The number of aromatic carboxylic acids is 1. The van der Waals surface area contributed by atoms with Crippen molar-refractivity contribution >= 4 is 33.1 Å². The largest absolute Gasteiger partial charge is 0.496 e. The molecule has 0 aliphatic rings. The number of amides is 1. The quantitative estimate of drug-likeness (QED) is 0.292. The highest BCUT2D eigenvalue weighted by Crippen LogP contribution is 2.28. The molecule has 1 amide bonds. The van der Waals surface area contributed by atoms with Crippen LogP contribution in [0.15, 0.2) is 54.7 Å². The molecule has 0 bridgehead atoms. The number of hydrogen-bond donors (Lipinski definition) is 2. The normalized spacial score (nSPS) is 12.3. The number of carbonyl (C=O) groups excluding carboxylic acids is 1. The van der Waals surface area contributed by atoms with Gasteiger partial charge in [-0.15, -0.1) is 0 Å². The third-order valence-corrected chi connectivity index (χ3v) is 6.31. The first-order valence-electron chi connectivity index (χ1n) is 9.12. The smallest absolute Gasteiger partial charge is 0.339 e. The van der Waals surface area contributed by atoms with E-state index in [4.69, 9.17) is 4.74 Å². The third-order valence-electron chi connectivity index (χ3n) is 4.71. The molecule has 0 saturated carbocycles. The van der Waals surface area contributed by atoms with Gasteiger partial charge in [-0.2, -0.15) is 0 Å². The van der Waals surface area contributed by atoms with Crippen molar-refractivity contribution in [3.8, 4) is 5.75 Å². The number of nitrogens with zero attached hydrogens (tertiary/aromatic N) is 2. The van der Waals surface area contributed by atoms with Crippen molar-refractivity contribution in [2.75, 3.05) is 12.9 Å². The summed E-state index contributed by atoms with van der Waals surface area (Å²) in [6.45, 7) is 0. The average molecular weight is 444 g/mol. The van der Waals surface area contributed by atoms with Gasteiger partial charge in [-0.3, -0.25) is 15.0 Å². The van der Waals surface area contributed by atoms with Crippen LogP contribution in [-0.2, 0) is 20.4 Å². The number of ether oxygens (including phenoxy) is 1. The Balaban J connectivity index is 1.91. The Morgan fingerprint density at radius 1 is 1.23 bits per heavy atom. The van der Waals surface area contributed by atoms with Gasteiger partial charge in [0.05, 0.1) is 30.2 Å². The van der Waals surface area contributed by atoms with E-state index in [0.717, 1.165) is 10.9 Å². The van der Waals surface area contributed by atoms with Gasteiger partial charge in [0.2, 0.25) is 6.41 Å². The second kappa shape index (κ2) is 9.11. The number of fused-ring (bicyclic) bond motifs is 1. The maximum absolute atomic E-state index is 12.9. The average Bonchev–Trinajstić information content (AvgIpc) is 2.76. The molecule has 162 valence electrons. The molecule has 2 N–H and O–H groups in total. The molecule has 0 aliphatic carbocycles. The molecule has 0 saturated heterocycles. The molecular formula is C21H20N2O7S. The zero-order chi connectivity index (χ0) is 22.6. The van der Waals surface area contributed by atoms with E-state index < -0.39 is 27.6 Å². The van der Waals surface area contributed by atoms with Crippen LogP contribution in [-0.4, -0.2) is 54.0 Å². The molecule has 2 aromatic carbocycles. The van der Waals surface area contributed by atoms with Crippen molar-refractivity contribution in [1.29, 1.82) is 0 Å². The van der Waals surface area contributed by atoms with Gasteiger partial charge in [0.25, 0.3) is 0 Å². The second-order valence-corrected chi connectivity index (χ2v) is 8.97. The monoisotopic (exact) mass is 444 g/mol. The number of carbonyl (C=O) groups is 2. The fourth-order valence-corrected chi connectivity index (χ4v) is 4.86. The van der Waals surface area contributed by atoms with Crippen LogP contribution in [0.4, 0.5) is 0 Å². The van der Waals surface area contributed by atoms with Crippen molar-refractivity contribution < 1.29 is 33.1 Å². The number of carboxylic acid groups (broad SMARTS) is 1. The molecule has 10 heteroatoms. The van der Waals surface area contributed by atoms with Crippen molar-refractivity contribution in [2.45, 2.75) is 11.8 Å². The lowest BCUT2D eigenvalue weighted by Gasteiger charge is -2.23. The van der Waals surface area contributed by atoms with Gasteiger partial charge in [-0.25, -0.2) is 18.3 Å². The summed E-state index contributed by atoms with van der Waals surface area (Å²) in [5.41, 5.74) is 1.09. The van der Waals surface area contributed by atoms with Gasteiger partial charge >= 0.3 is 5.97 Å². The topological polar surface area (TPSA) is 134 Å². The first-order chi connectivity index (χ1) is 14.7. The van der Waals surface area contributed by atoms with E-state index in [1.54, 1.807) is 12.1 Å². The number of benzene rings is 2. The number of sulfone groups is 1. The minimum atomic E-state index is -3.83. The summed E-state index contributed by atoms with van der Waals surface area (Å²) in [6.07, 6.45) is 1.53. The van der Waals surface area contributed by atoms with Crippen molar-refractivity contribution in [3.63, 3.8) is 0 Å². The number of para-hydroxylation sites is 1. The zero-order valence-electron chi connectivity index (χ0n) is 16.5. The van der Waals surface area contributed by atoms with Crippen molar-refractivity contribution in [1.82, 2.24) is 10.0 Å². The van der Waals surface area contributed by atoms with Crippen LogP contribution in [0.2, 0.25) is 0 Å². The minimum absolute atomic E-state index is 0.0655. The predicted octanol–water partition coefficient (Wildman–Crippen LogP) is 2.45. The summed E-state index contributed by atoms with van der Waals surface area (Å²) >= 11 is 0. The maximum atomic E-state index is 12.9. The highest BCUT2D eigenvalue weighted by atomic mass is 32.2. The highest BCUT2D eigenvalue weighted by molar-refractivity contribution is 7.90. The fraction of sp³-hybridized carbons (Fsp3) is 0.190. The van der Waals surface area contributed by atoms with Gasteiger partial charge in [0, 0.05) is 11.6 Å². The van der Waals surface area contributed by atoms with Crippen LogP contribution >= 0.6 is 0 Å². The molecule has 1 atom stereocenters. The number of pyridine rings is 1. The van der Waals surface area contributed by atoms with Crippen molar-refractivity contribution in [3.05, 3.63) is 71.4 Å².